The molecule has 6 rings (SSSR count). The molecule has 10 heteroatoms. The second-order valence-electron chi connectivity index (χ2n) is 8.00. The highest BCUT2D eigenvalue weighted by molar-refractivity contribution is 7.00. The average Bonchev–Trinajstić information content (AvgIpc) is 3.55. The first kappa shape index (κ1) is 21.6. The third-order valence-electron chi connectivity index (χ3n) is 5.92. The van der Waals surface area contributed by atoms with Gasteiger partial charge in [0.15, 0.2) is 5.82 Å². The molecule has 0 aliphatic heterocycles. The van der Waals surface area contributed by atoms with Crippen LogP contribution in [0.5, 0.6) is 0 Å². The summed E-state index contributed by atoms with van der Waals surface area (Å²) in [6, 6.07) is 16.8. The van der Waals surface area contributed by atoms with Crippen molar-refractivity contribution in [1.82, 2.24) is 23.7 Å². The summed E-state index contributed by atoms with van der Waals surface area (Å²) >= 11 is 1.17. The smallest absolute Gasteiger partial charge is 0.335 e. The van der Waals surface area contributed by atoms with E-state index >= 15 is 0 Å². The van der Waals surface area contributed by atoms with Crippen molar-refractivity contribution in [1.29, 1.82) is 0 Å². The number of benzene rings is 3. The van der Waals surface area contributed by atoms with Crippen molar-refractivity contribution < 1.29 is 19.8 Å². The van der Waals surface area contributed by atoms with E-state index in [-0.39, 0.29) is 11.1 Å². The van der Waals surface area contributed by atoms with Crippen LogP contribution in [0.1, 0.15) is 20.7 Å². The Morgan fingerprint density at radius 2 is 1.19 bits per heavy atom. The molecule has 0 unspecified atom stereocenters. The van der Waals surface area contributed by atoms with Gasteiger partial charge in [-0.25, -0.2) is 19.6 Å². The summed E-state index contributed by atoms with van der Waals surface area (Å²) in [5, 5.41) is 18.6. The lowest BCUT2D eigenvalue weighted by Gasteiger charge is -2.10. The zero-order valence-corrected chi connectivity index (χ0v) is 19.2. The minimum atomic E-state index is -1.01. The quantitative estimate of drug-likeness (QED) is 0.291. The SMILES string of the molecule is O=C(O)c1ccc(-c2c3nc(-c4ccncc4)nc3c(-c3ccc(C(=O)O)cc3)c3[nH]snc23)cc1. The maximum Gasteiger partial charge on any atom is 0.335 e. The zero-order chi connectivity index (χ0) is 24.8. The van der Waals surface area contributed by atoms with Crippen LogP contribution in [0.4, 0.5) is 0 Å². The molecule has 9 nitrogen and oxygen atoms in total. The average molecular weight is 494 g/mol. The molecule has 0 bridgehead atoms. The highest BCUT2D eigenvalue weighted by Gasteiger charge is 2.24. The second kappa shape index (κ2) is 8.36. The number of aromatic nitrogens is 5. The number of fused-ring (bicyclic) bond motifs is 2. The summed E-state index contributed by atoms with van der Waals surface area (Å²) in [7, 11) is 0. The molecule has 0 radical (unpaired) electrons. The number of hydrogen-bond acceptors (Lipinski definition) is 7. The van der Waals surface area contributed by atoms with Gasteiger partial charge in [-0.1, -0.05) is 24.3 Å². The van der Waals surface area contributed by atoms with Gasteiger partial charge in [-0.2, -0.15) is 4.37 Å². The number of carbonyl (C=O) groups is 2. The van der Waals surface area contributed by atoms with Crippen molar-refractivity contribution in [2.45, 2.75) is 0 Å². The van der Waals surface area contributed by atoms with Crippen LogP contribution in [0.15, 0.2) is 73.1 Å². The Labute approximate surface area is 207 Å². The fourth-order valence-electron chi connectivity index (χ4n) is 4.21. The van der Waals surface area contributed by atoms with E-state index in [0.29, 0.717) is 22.4 Å². The number of rotatable bonds is 5. The number of aromatic carboxylic acids is 2. The van der Waals surface area contributed by atoms with Gasteiger partial charge in [-0.05, 0) is 47.5 Å². The number of hydrogen-bond donors (Lipinski definition) is 3. The van der Waals surface area contributed by atoms with Crippen LogP contribution in [-0.4, -0.2) is 45.9 Å². The zero-order valence-electron chi connectivity index (χ0n) is 18.3. The van der Waals surface area contributed by atoms with Gasteiger partial charge in [0.1, 0.15) is 16.6 Å². The van der Waals surface area contributed by atoms with E-state index in [0.717, 1.165) is 33.3 Å². The topological polar surface area (TPSA) is 142 Å². The fourth-order valence-corrected chi connectivity index (χ4v) is 4.82. The van der Waals surface area contributed by atoms with Crippen molar-refractivity contribution in [3.63, 3.8) is 0 Å². The van der Waals surface area contributed by atoms with Crippen LogP contribution in [0.2, 0.25) is 0 Å². The molecule has 3 heterocycles. The number of nitrogens with zero attached hydrogens (tertiary/aromatic N) is 4. The lowest BCUT2D eigenvalue weighted by atomic mass is 9.94. The lowest BCUT2D eigenvalue weighted by Crippen LogP contribution is -1.96. The van der Waals surface area contributed by atoms with Crippen LogP contribution >= 0.6 is 11.7 Å². The summed E-state index contributed by atoms with van der Waals surface area (Å²) in [5.74, 6) is -1.50. The highest BCUT2D eigenvalue weighted by Crippen LogP contribution is 2.42. The van der Waals surface area contributed by atoms with E-state index in [4.69, 9.17) is 9.97 Å². The first-order valence-corrected chi connectivity index (χ1v) is 11.5. The molecule has 0 aliphatic rings. The van der Waals surface area contributed by atoms with E-state index in [1.165, 1.54) is 11.7 Å². The Kier molecular flexibility index (Phi) is 5.01. The molecule has 174 valence electrons. The maximum atomic E-state index is 11.4. The molecule has 3 aromatic carbocycles. The molecule has 0 saturated heterocycles. The second-order valence-corrected chi connectivity index (χ2v) is 8.57. The summed E-state index contributed by atoms with van der Waals surface area (Å²) in [4.78, 5) is 36.6. The van der Waals surface area contributed by atoms with Crippen LogP contribution < -0.4 is 0 Å². The Bertz CT molecular complexity index is 1670. The van der Waals surface area contributed by atoms with E-state index in [1.807, 2.05) is 12.1 Å². The van der Waals surface area contributed by atoms with Crippen LogP contribution in [0.25, 0.3) is 55.7 Å². The molecule has 0 spiro atoms. The number of imidazole rings is 1. The Balaban J connectivity index is 1.68. The predicted molar refractivity (Wildman–Crippen MR) is 135 cm³/mol. The van der Waals surface area contributed by atoms with E-state index in [9.17, 15) is 19.8 Å². The fraction of sp³-hybridized carbons (Fsp3) is 0. The van der Waals surface area contributed by atoms with Gasteiger partial charge >= 0.3 is 11.9 Å². The monoisotopic (exact) mass is 493 g/mol. The van der Waals surface area contributed by atoms with Gasteiger partial charge in [-0.15, -0.1) is 0 Å². The molecular formula is C26H15N5O4S. The third-order valence-corrected chi connectivity index (χ3v) is 6.49. The van der Waals surface area contributed by atoms with Gasteiger partial charge in [0.2, 0.25) is 0 Å². The standard InChI is InChI=1S/C26H15N5O4S/c32-25(33)16-5-1-13(2-6-16)18-20-21(29-24(28-20)15-9-11-27-12-10-15)19(23-22(18)30-36-31-23)14-3-7-17(8-4-14)26(34)35/h1-12,30H,(H,32,33)(H,34,35). The van der Waals surface area contributed by atoms with Crippen molar-refractivity contribution in [2.75, 3.05) is 0 Å². The van der Waals surface area contributed by atoms with Crippen molar-refractivity contribution in [3.8, 4) is 33.6 Å². The Morgan fingerprint density at radius 3 is 1.75 bits per heavy atom. The van der Waals surface area contributed by atoms with Gasteiger partial charge in [-0.3, -0.25) is 9.36 Å². The van der Waals surface area contributed by atoms with Gasteiger partial charge in [0.05, 0.1) is 16.6 Å². The summed E-state index contributed by atoms with van der Waals surface area (Å²) in [6.07, 6.45) is 3.34. The number of carboxylic acid groups (broad SMARTS) is 2. The summed E-state index contributed by atoms with van der Waals surface area (Å²) < 4.78 is 7.86. The Morgan fingerprint density at radius 1 is 0.667 bits per heavy atom. The molecule has 0 fully saturated rings. The van der Waals surface area contributed by atoms with Crippen LogP contribution in [0.3, 0.4) is 0 Å². The molecule has 3 aromatic heterocycles. The molecular weight excluding hydrogens is 478 g/mol. The number of H-pyrrole nitrogens is 1. The minimum Gasteiger partial charge on any atom is -0.478 e. The van der Waals surface area contributed by atoms with Crippen molar-refractivity contribution in [2.24, 2.45) is 0 Å². The number of pyridine rings is 1. The number of aromatic amines is 1. The maximum absolute atomic E-state index is 11.4. The van der Waals surface area contributed by atoms with Gasteiger partial charge < -0.3 is 10.2 Å². The predicted octanol–water partition coefficient (Wildman–Crippen LogP) is 5.36. The lowest BCUT2D eigenvalue weighted by molar-refractivity contribution is 0.0686. The van der Waals surface area contributed by atoms with Crippen molar-refractivity contribution in [3.05, 3.63) is 84.2 Å². The molecule has 36 heavy (non-hydrogen) atoms. The molecule has 0 saturated carbocycles. The van der Waals surface area contributed by atoms with Gasteiger partial charge in [0.25, 0.3) is 0 Å². The largest absolute Gasteiger partial charge is 0.478 e. The molecule has 3 N–H and O–H groups in total. The van der Waals surface area contributed by atoms with Gasteiger partial charge in [0, 0.05) is 40.8 Å². The first-order valence-electron chi connectivity index (χ1n) is 10.8. The number of carboxylic acids is 2. The van der Waals surface area contributed by atoms with E-state index in [1.54, 1.807) is 60.9 Å². The Hall–Kier alpha value is -4.96. The van der Waals surface area contributed by atoms with E-state index < -0.39 is 11.9 Å². The third kappa shape index (κ3) is 3.48. The first-order chi connectivity index (χ1) is 17.5. The van der Waals surface area contributed by atoms with Crippen LogP contribution in [0, 0.1) is 0 Å². The molecule has 0 amide bonds. The van der Waals surface area contributed by atoms with Crippen molar-refractivity contribution >= 4 is 45.7 Å². The molecule has 0 aliphatic carbocycles. The normalized spacial score (nSPS) is 11.2. The highest BCUT2D eigenvalue weighted by atomic mass is 32.1. The summed E-state index contributed by atoms with van der Waals surface area (Å²) in [6.45, 7) is 0. The molecule has 6 aromatic rings. The number of nitrogens with one attached hydrogen (secondary N) is 1. The van der Waals surface area contributed by atoms with Crippen LogP contribution in [-0.2, 0) is 0 Å². The molecule has 0 atom stereocenters. The van der Waals surface area contributed by atoms with E-state index in [2.05, 4.69) is 13.7 Å². The minimum absolute atomic E-state index is 0.178. The summed E-state index contributed by atoms with van der Waals surface area (Å²) in [5.41, 5.74) is 6.77.